The van der Waals surface area contributed by atoms with E-state index >= 15 is 0 Å². The first kappa shape index (κ1) is 15.6. The van der Waals surface area contributed by atoms with Crippen LogP contribution >= 0.6 is 11.6 Å². The van der Waals surface area contributed by atoms with E-state index in [4.69, 9.17) is 11.6 Å². The summed E-state index contributed by atoms with van der Waals surface area (Å²) >= 11 is 6.09. The lowest BCUT2D eigenvalue weighted by Crippen LogP contribution is -2.39. The van der Waals surface area contributed by atoms with Gasteiger partial charge in [0.15, 0.2) is 0 Å². The zero-order chi connectivity index (χ0) is 14.8. The Bertz CT molecular complexity index is 451. The van der Waals surface area contributed by atoms with Crippen LogP contribution in [0.2, 0.25) is 0 Å². The van der Waals surface area contributed by atoms with Gasteiger partial charge >= 0.3 is 0 Å². The summed E-state index contributed by atoms with van der Waals surface area (Å²) in [5.74, 6) is 1.69. The number of hydrogen-bond donors (Lipinski definition) is 0. The first-order valence-corrected chi connectivity index (χ1v) is 8.19. The molecule has 4 heteroatoms. The second-order valence-corrected chi connectivity index (χ2v) is 6.77. The summed E-state index contributed by atoms with van der Waals surface area (Å²) in [6.07, 6.45) is 5.69. The van der Waals surface area contributed by atoms with Gasteiger partial charge in [0.2, 0.25) is 0 Å². The minimum absolute atomic E-state index is 0.343. The van der Waals surface area contributed by atoms with Gasteiger partial charge in [0.05, 0.1) is 23.5 Å². The fraction of sp³-hybridized carbons (Fsp3) is 0.750. The van der Waals surface area contributed by atoms with Crippen molar-refractivity contribution in [1.82, 2.24) is 9.97 Å². The minimum Gasteiger partial charge on any atom is -0.369 e. The second kappa shape index (κ2) is 6.30. The van der Waals surface area contributed by atoms with Crippen LogP contribution in [-0.4, -0.2) is 23.1 Å². The predicted molar refractivity (Wildman–Crippen MR) is 85.5 cm³/mol. The number of aromatic nitrogens is 2. The van der Waals surface area contributed by atoms with E-state index in [0.717, 1.165) is 30.3 Å². The third-order valence-electron chi connectivity index (χ3n) is 4.67. The number of anilines is 1. The molecule has 2 heterocycles. The van der Waals surface area contributed by atoms with Crippen LogP contribution in [0.4, 0.5) is 5.69 Å². The summed E-state index contributed by atoms with van der Waals surface area (Å²) < 4.78 is 0. The van der Waals surface area contributed by atoms with Crippen LogP contribution in [0.1, 0.15) is 64.4 Å². The van der Waals surface area contributed by atoms with Crippen molar-refractivity contribution < 1.29 is 0 Å². The van der Waals surface area contributed by atoms with Crippen LogP contribution < -0.4 is 4.90 Å². The van der Waals surface area contributed by atoms with E-state index in [1.54, 1.807) is 0 Å². The molecular weight excluding hydrogens is 270 g/mol. The Balaban J connectivity index is 2.17. The maximum Gasteiger partial charge on any atom is 0.131 e. The Morgan fingerprint density at radius 3 is 2.50 bits per heavy atom. The molecule has 1 aliphatic heterocycles. The van der Waals surface area contributed by atoms with E-state index < -0.39 is 0 Å². The molecule has 1 aromatic rings. The molecule has 1 aliphatic rings. The lowest BCUT2D eigenvalue weighted by molar-refractivity contribution is 0.238. The molecule has 0 aromatic carbocycles. The first-order valence-electron chi connectivity index (χ1n) is 7.66. The average molecular weight is 296 g/mol. The standard InChI is InChI=1S/C16H26ClN3/c1-5-16(4)6-8-20(9-7-16)14-11-18-15(12(2)3)19-13(14)10-17/h11-12H,5-10H2,1-4H3. The van der Waals surface area contributed by atoms with E-state index in [1.165, 1.54) is 19.3 Å². The molecule has 112 valence electrons. The lowest BCUT2D eigenvalue weighted by atomic mass is 9.78. The molecular formula is C16H26ClN3. The van der Waals surface area contributed by atoms with Crippen LogP contribution in [0.5, 0.6) is 0 Å². The summed E-state index contributed by atoms with van der Waals surface area (Å²) in [4.78, 5) is 11.5. The smallest absolute Gasteiger partial charge is 0.131 e. The van der Waals surface area contributed by atoms with E-state index in [1.807, 2.05) is 6.20 Å². The molecule has 0 aliphatic carbocycles. The molecule has 3 nitrogen and oxygen atoms in total. The van der Waals surface area contributed by atoms with Crippen molar-refractivity contribution >= 4 is 17.3 Å². The van der Waals surface area contributed by atoms with E-state index in [9.17, 15) is 0 Å². The topological polar surface area (TPSA) is 29.0 Å². The summed E-state index contributed by atoms with van der Waals surface area (Å²) in [5.41, 5.74) is 2.60. The molecule has 0 radical (unpaired) electrons. The van der Waals surface area contributed by atoms with Crippen LogP contribution in [0.3, 0.4) is 0 Å². The highest BCUT2D eigenvalue weighted by molar-refractivity contribution is 6.17. The highest BCUT2D eigenvalue weighted by atomic mass is 35.5. The number of piperidine rings is 1. The lowest BCUT2D eigenvalue weighted by Gasteiger charge is -2.40. The highest BCUT2D eigenvalue weighted by Gasteiger charge is 2.29. The van der Waals surface area contributed by atoms with Crippen LogP contribution in [-0.2, 0) is 5.88 Å². The fourth-order valence-corrected chi connectivity index (χ4v) is 2.90. The van der Waals surface area contributed by atoms with Crippen LogP contribution in [0.15, 0.2) is 6.20 Å². The predicted octanol–water partition coefficient (Wildman–Crippen LogP) is 4.36. The van der Waals surface area contributed by atoms with Crippen molar-refractivity contribution in [2.24, 2.45) is 5.41 Å². The Morgan fingerprint density at radius 2 is 2.00 bits per heavy atom. The van der Waals surface area contributed by atoms with Crippen LogP contribution in [0.25, 0.3) is 0 Å². The molecule has 1 fully saturated rings. The van der Waals surface area contributed by atoms with Gasteiger partial charge in [-0.3, -0.25) is 0 Å². The largest absolute Gasteiger partial charge is 0.369 e. The number of rotatable bonds is 4. The first-order chi connectivity index (χ1) is 9.49. The Kier molecular flexibility index (Phi) is 4.90. The summed E-state index contributed by atoms with van der Waals surface area (Å²) in [6, 6.07) is 0. The van der Waals surface area contributed by atoms with E-state index in [2.05, 4.69) is 42.6 Å². The van der Waals surface area contributed by atoms with Gasteiger partial charge in [0.1, 0.15) is 5.82 Å². The molecule has 2 rings (SSSR count). The van der Waals surface area contributed by atoms with Gasteiger partial charge in [-0.2, -0.15) is 0 Å². The maximum absolute atomic E-state index is 6.09. The molecule has 0 N–H and O–H groups in total. The molecule has 0 saturated carbocycles. The van der Waals surface area contributed by atoms with Crippen molar-refractivity contribution in [2.75, 3.05) is 18.0 Å². The van der Waals surface area contributed by atoms with E-state index in [0.29, 0.717) is 17.2 Å². The summed E-state index contributed by atoms with van der Waals surface area (Å²) in [5, 5.41) is 0. The molecule has 0 amide bonds. The zero-order valence-corrected chi connectivity index (χ0v) is 13.9. The zero-order valence-electron chi connectivity index (χ0n) is 13.1. The Morgan fingerprint density at radius 1 is 1.35 bits per heavy atom. The SMILES string of the molecule is CCC1(C)CCN(c2cnc(C(C)C)nc2CCl)CC1. The van der Waals surface area contributed by atoms with Crippen molar-refractivity contribution in [2.45, 2.75) is 58.8 Å². The van der Waals surface area contributed by atoms with Crippen molar-refractivity contribution in [1.29, 1.82) is 0 Å². The highest BCUT2D eigenvalue weighted by Crippen LogP contribution is 2.36. The number of nitrogens with zero attached hydrogens (tertiary/aromatic N) is 3. The van der Waals surface area contributed by atoms with Gasteiger partial charge in [-0.1, -0.05) is 34.1 Å². The van der Waals surface area contributed by atoms with Gasteiger partial charge in [0.25, 0.3) is 0 Å². The third-order valence-corrected chi connectivity index (χ3v) is 4.93. The molecule has 0 atom stereocenters. The maximum atomic E-state index is 6.09. The van der Waals surface area contributed by atoms with Crippen molar-refractivity contribution in [3.63, 3.8) is 0 Å². The van der Waals surface area contributed by atoms with Gasteiger partial charge in [0, 0.05) is 19.0 Å². The van der Waals surface area contributed by atoms with Crippen molar-refractivity contribution in [3.05, 3.63) is 17.7 Å². The van der Waals surface area contributed by atoms with E-state index in [-0.39, 0.29) is 0 Å². The molecule has 1 saturated heterocycles. The molecule has 0 bridgehead atoms. The van der Waals surface area contributed by atoms with Crippen LogP contribution in [0, 0.1) is 5.41 Å². The number of hydrogen-bond acceptors (Lipinski definition) is 3. The van der Waals surface area contributed by atoms with Gasteiger partial charge in [-0.05, 0) is 18.3 Å². The number of halogens is 1. The number of alkyl halides is 1. The quantitative estimate of drug-likeness (QED) is 0.773. The van der Waals surface area contributed by atoms with Crippen molar-refractivity contribution in [3.8, 4) is 0 Å². The summed E-state index contributed by atoms with van der Waals surface area (Å²) in [6.45, 7) is 11.1. The Labute approximate surface area is 127 Å². The van der Waals surface area contributed by atoms with Gasteiger partial charge in [-0.15, -0.1) is 11.6 Å². The Hall–Kier alpha value is -0.830. The molecule has 0 spiro atoms. The fourth-order valence-electron chi connectivity index (χ4n) is 2.71. The molecule has 0 unspecified atom stereocenters. The second-order valence-electron chi connectivity index (χ2n) is 6.50. The monoisotopic (exact) mass is 295 g/mol. The molecule has 1 aromatic heterocycles. The minimum atomic E-state index is 0.343. The summed E-state index contributed by atoms with van der Waals surface area (Å²) in [7, 11) is 0. The normalized spacial score (nSPS) is 18.6. The average Bonchev–Trinajstić information content (AvgIpc) is 2.47. The van der Waals surface area contributed by atoms with Gasteiger partial charge in [-0.25, -0.2) is 9.97 Å². The third kappa shape index (κ3) is 3.25. The van der Waals surface area contributed by atoms with Gasteiger partial charge < -0.3 is 4.90 Å². The molecule has 20 heavy (non-hydrogen) atoms.